The number of ether oxygens (including phenoxy) is 1. The van der Waals surface area contributed by atoms with E-state index in [0.717, 1.165) is 17.5 Å². The largest absolute Gasteiger partial charge is 0.487 e. The summed E-state index contributed by atoms with van der Waals surface area (Å²) >= 11 is 0. The van der Waals surface area contributed by atoms with E-state index in [4.69, 9.17) is 4.74 Å². The average Bonchev–Trinajstić information content (AvgIpc) is 2.98. The number of rotatable bonds is 1. The minimum absolute atomic E-state index is 0.145. The van der Waals surface area contributed by atoms with E-state index < -0.39 is 11.2 Å². The molecule has 0 fully saturated rings. The number of hydrogen-bond acceptors (Lipinski definition) is 3. The Bertz CT molecular complexity index is 1050. The third-order valence-corrected chi connectivity index (χ3v) is 6.75. The van der Waals surface area contributed by atoms with Gasteiger partial charge in [-0.1, -0.05) is 43.3 Å². The molecule has 5 rings (SSSR count). The van der Waals surface area contributed by atoms with Crippen molar-refractivity contribution in [3.8, 4) is 5.75 Å². The predicted octanol–water partition coefficient (Wildman–Crippen LogP) is 3.97. The van der Waals surface area contributed by atoms with Crippen LogP contribution in [0, 0.1) is 17.7 Å². The first-order chi connectivity index (χ1) is 13.5. The predicted molar refractivity (Wildman–Crippen MR) is 103 cm³/mol. The maximum atomic E-state index is 14.6. The van der Waals surface area contributed by atoms with Crippen LogP contribution < -0.4 is 10.1 Å². The first-order valence-electron chi connectivity index (χ1n) is 9.53. The molecule has 2 aromatic carbocycles. The van der Waals surface area contributed by atoms with Gasteiger partial charge in [-0.05, 0) is 30.2 Å². The number of anilines is 1. The molecule has 1 spiro atoms. The van der Waals surface area contributed by atoms with Gasteiger partial charge in [0.05, 0.1) is 5.41 Å². The van der Waals surface area contributed by atoms with Crippen molar-refractivity contribution in [1.29, 1.82) is 0 Å². The Balaban J connectivity index is 1.87. The van der Waals surface area contributed by atoms with Crippen LogP contribution in [0.4, 0.5) is 10.1 Å². The fourth-order valence-corrected chi connectivity index (χ4v) is 5.50. The molecule has 3 aliphatic rings. The Morgan fingerprint density at radius 3 is 2.71 bits per heavy atom. The maximum Gasteiger partial charge on any atom is 0.236 e. The van der Waals surface area contributed by atoms with Gasteiger partial charge in [-0.15, -0.1) is 0 Å². The van der Waals surface area contributed by atoms with Crippen LogP contribution in [0.2, 0.25) is 0 Å². The second-order valence-corrected chi connectivity index (χ2v) is 7.91. The van der Waals surface area contributed by atoms with Crippen molar-refractivity contribution < 1.29 is 18.7 Å². The SMILES string of the molecule is C[C@@H]1C(C=O)=C[C@H]2[C@@H](c3cccc(F)c3O[C@@H]2C)[C@@]12C(=O)Nc1ccccc12. The molecule has 0 saturated heterocycles. The highest BCUT2D eigenvalue weighted by Crippen LogP contribution is 2.62. The van der Waals surface area contributed by atoms with Gasteiger partial charge in [-0.2, -0.15) is 0 Å². The van der Waals surface area contributed by atoms with Crippen LogP contribution in [0.5, 0.6) is 5.75 Å². The summed E-state index contributed by atoms with van der Waals surface area (Å²) < 4.78 is 20.5. The van der Waals surface area contributed by atoms with Crippen molar-refractivity contribution in [2.75, 3.05) is 5.32 Å². The third kappa shape index (κ3) is 1.94. The van der Waals surface area contributed by atoms with Gasteiger partial charge in [0.25, 0.3) is 0 Å². The molecule has 2 aromatic rings. The van der Waals surface area contributed by atoms with Crippen molar-refractivity contribution in [3.63, 3.8) is 0 Å². The fraction of sp³-hybridized carbons (Fsp3) is 0.304. The summed E-state index contributed by atoms with van der Waals surface area (Å²) in [5.74, 6) is -1.26. The second kappa shape index (κ2) is 5.77. The quantitative estimate of drug-likeness (QED) is 0.765. The summed E-state index contributed by atoms with van der Waals surface area (Å²) in [6, 6.07) is 12.5. The van der Waals surface area contributed by atoms with Gasteiger partial charge in [0, 0.05) is 29.0 Å². The van der Waals surface area contributed by atoms with Gasteiger partial charge < -0.3 is 10.1 Å². The van der Waals surface area contributed by atoms with Crippen LogP contribution in [0.3, 0.4) is 0 Å². The smallest absolute Gasteiger partial charge is 0.236 e. The molecule has 2 heterocycles. The monoisotopic (exact) mass is 377 g/mol. The number of amides is 1. The van der Waals surface area contributed by atoms with E-state index in [1.54, 1.807) is 6.07 Å². The summed E-state index contributed by atoms with van der Waals surface area (Å²) in [6.07, 6.45) is 2.39. The third-order valence-electron chi connectivity index (χ3n) is 6.75. The average molecular weight is 377 g/mol. The number of fused-ring (bicyclic) bond motifs is 6. The van der Waals surface area contributed by atoms with Crippen molar-refractivity contribution in [2.24, 2.45) is 11.8 Å². The minimum Gasteiger partial charge on any atom is -0.487 e. The molecule has 1 N–H and O–H groups in total. The summed E-state index contributed by atoms with van der Waals surface area (Å²) in [7, 11) is 0. The van der Waals surface area contributed by atoms with E-state index in [9.17, 15) is 14.0 Å². The number of carbonyl (C=O) groups excluding carboxylic acids is 2. The number of halogens is 1. The molecule has 28 heavy (non-hydrogen) atoms. The zero-order chi connectivity index (χ0) is 19.6. The Labute approximate surface area is 162 Å². The molecule has 0 aromatic heterocycles. The topological polar surface area (TPSA) is 55.4 Å². The standard InChI is InChI=1S/C23H20FNO3/c1-12-14(11-26)10-16-13(2)28-21-15(6-5-8-18(21)24)20(16)23(12)17-7-3-4-9-19(17)25-22(23)27/h3-13,16,20H,1-2H3,(H,25,27)/t12-,13-,16-,20-,23-/m1/s1. The highest BCUT2D eigenvalue weighted by Gasteiger charge is 2.62. The molecule has 142 valence electrons. The van der Waals surface area contributed by atoms with E-state index in [1.165, 1.54) is 6.07 Å². The zero-order valence-electron chi connectivity index (χ0n) is 15.6. The first-order valence-corrected chi connectivity index (χ1v) is 9.53. The molecule has 5 atom stereocenters. The van der Waals surface area contributed by atoms with E-state index in [2.05, 4.69) is 5.32 Å². The van der Waals surface area contributed by atoms with E-state index in [0.29, 0.717) is 11.1 Å². The normalized spacial score (nSPS) is 32.5. The number of aldehydes is 1. The number of carbonyl (C=O) groups is 2. The molecule has 0 unspecified atom stereocenters. The van der Waals surface area contributed by atoms with Crippen molar-refractivity contribution >= 4 is 17.9 Å². The van der Waals surface area contributed by atoms with Gasteiger partial charge in [0.15, 0.2) is 11.6 Å². The lowest BCUT2D eigenvalue weighted by atomic mass is 9.52. The maximum absolute atomic E-state index is 14.6. The van der Waals surface area contributed by atoms with Crippen molar-refractivity contribution in [3.05, 3.63) is 71.1 Å². The van der Waals surface area contributed by atoms with E-state index >= 15 is 0 Å². The van der Waals surface area contributed by atoms with Gasteiger partial charge in [-0.25, -0.2) is 4.39 Å². The lowest BCUT2D eigenvalue weighted by Crippen LogP contribution is -2.55. The second-order valence-electron chi connectivity index (χ2n) is 7.91. The minimum atomic E-state index is -0.993. The Kier molecular flexibility index (Phi) is 3.54. The highest BCUT2D eigenvalue weighted by atomic mass is 19.1. The molecule has 0 radical (unpaired) electrons. The molecular weight excluding hydrogens is 357 g/mol. The Morgan fingerprint density at radius 1 is 1.14 bits per heavy atom. The number of hydrogen-bond donors (Lipinski definition) is 1. The first kappa shape index (κ1) is 17.2. The summed E-state index contributed by atoms with van der Waals surface area (Å²) in [6.45, 7) is 3.78. The number of benzene rings is 2. The summed E-state index contributed by atoms with van der Waals surface area (Å²) in [5, 5.41) is 3.01. The lowest BCUT2D eigenvalue weighted by molar-refractivity contribution is -0.125. The number of para-hydroxylation sites is 2. The fourth-order valence-electron chi connectivity index (χ4n) is 5.50. The lowest BCUT2D eigenvalue weighted by Gasteiger charge is -2.51. The number of allylic oxidation sites excluding steroid dienone is 1. The van der Waals surface area contributed by atoms with Crippen LogP contribution in [0.25, 0.3) is 0 Å². The molecule has 1 amide bonds. The molecule has 4 nitrogen and oxygen atoms in total. The van der Waals surface area contributed by atoms with Gasteiger partial charge in [0.2, 0.25) is 5.91 Å². The van der Waals surface area contributed by atoms with E-state index in [-0.39, 0.29) is 35.5 Å². The van der Waals surface area contributed by atoms with Crippen LogP contribution in [0.15, 0.2) is 54.1 Å². The van der Waals surface area contributed by atoms with Gasteiger partial charge in [0.1, 0.15) is 12.4 Å². The van der Waals surface area contributed by atoms with Crippen molar-refractivity contribution in [1.82, 2.24) is 0 Å². The molecule has 0 saturated carbocycles. The van der Waals surface area contributed by atoms with Gasteiger partial charge >= 0.3 is 0 Å². The molecule has 0 bridgehead atoms. The molecule has 2 aliphatic heterocycles. The Morgan fingerprint density at radius 2 is 1.93 bits per heavy atom. The highest BCUT2D eigenvalue weighted by molar-refractivity contribution is 6.08. The van der Waals surface area contributed by atoms with Crippen LogP contribution in [-0.2, 0) is 15.0 Å². The molecular formula is C23H20FNO3. The number of nitrogens with one attached hydrogen (secondary N) is 1. The van der Waals surface area contributed by atoms with Gasteiger partial charge in [-0.3, -0.25) is 9.59 Å². The summed E-state index contributed by atoms with van der Waals surface area (Å²) in [4.78, 5) is 25.5. The zero-order valence-corrected chi connectivity index (χ0v) is 15.6. The Hall–Kier alpha value is -2.95. The van der Waals surface area contributed by atoms with Crippen LogP contribution >= 0.6 is 0 Å². The molecule has 1 aliphatic carbocycles. The van der Waals surface area contributed by atoms with Crippen molar-refractivity contribution in [2.45, 2.75) is 31.3 Å². The van der Waals surface area contributed by atoms with Crippen LogP contribution in [-0.4, -0.2) is 18.3 Å². The molecule has 5 heteroatoms. The van der Waals surface area contributed by atoms with Crippen LogP contribution in [0.1, 0.15) is 30.9 Å². The van der Waals surface area contributed by atoms with E-state index in [1.807, 2.05) is 50.3 Å². The summed E-state index contributed by atoms with van der Waals surface area (Å²) in [5.41, 5.74) is 1.89.